The van der Waals surface area contributed by atoms with Crippen LogP contribution in [0.2, 0.25) is 0 Å². The number of hydrogen-bond acceptors (Lipinski definition) is 2. The highest BCUT2D eigenvalue weighted by molar-refractivity contribution is 5.80. The average molecular weight is 248 g/mol. The minimum Gasteiger partial charge on any atom is -0.369 e. The first-order chi connectivity index (χ1) is 8.36. The van der Waals surface area contributed by atoms with Gasteiger partial charge < -0.3 is 11.1 Å². The van der Waals surface area contributed by atoms with Crippen LogP contribution in [-0.4, -0.2) is 12.5 Å². The highest BCUT2D eigenvalue weighted by atomic mass is 16.1. The standard InChI is InChI=1S/C15H24N2O/c1-5-13(12-8-6-11(2)7-9-12)17-10-15(3,4)14(16)18/h6-9,13,17H,5,10H2,1-4H3,(H2,16,18). The summed E-state index contributed by atoms with van der Waals surface area (Å²) in [6.45, 7) is 8.53. The molecule has 0 fully saturated rings. The van der Waals surface area contributed by atoms with E-state index >= 15 is 0 Å². The molecule has 18 heavy (non-hydrogen) atoms. The highest BCUT2D eigenvalue weighted by Gasteiger charge is 2.25. The largest absolute Gasteiger partial charge is 0.369 e. The van der Waals surface area contributed by atoms with Gasteiger partial charge in [0.05, 0.1) is 5.41 Å². The molecular formula is C15H24N2O. The lowest BCUT2D eigenvalue weighted by atomic mass is 9.91. The number of amides is 1. The lowest BCUT2D eigenvalue weighted by Gasteiger charge is -2.25. The van der Waals surface area contributed by atoms with Crippen LogP contribution >= 0.6 is 0 Å². The first kappa shape index (κ1) is 14.7. The van der Waals surface area contributed by atoms with E-state index in [-0.39, 0.29) is 11.9 Å². The number of nitrogens with two attached hydrogens (primary N) is 1. The maximum Gasteiger partial charge on any atom is 0.224 e. The van der Waals surface area contributed by atoms with Gasteiger partial charge in [-0.1, -0.05) is 36.8 Å². The Kier molecular flexibility index (Phi) is 4.91. The SMILES string of the molecule is CCC(NCC(C)(C)C(N)=O)c1ccc(C)cc1. The number of primary amides is 1. The fourth-order valence-corrected chi connectivity index (χ4v) is 1.76. The van der Waals surface area contributed by atoms with Gasteiger partial charge in [0.15, 0.2) is 0 Å². The smallest absolute Gasteiger partial charge is 0.224 e. The van der Waals surface area contributed by atoms with Gasteiger partial charge in [0.1, 0.15) is 0 Å². The molecule has 1 aromatic rings. The van der Waals surface area contributed by atoms with E-state index in [9.17, 15) is 4.79 Å². The molecule has 100 valence electrons. The first-order valence-corrected chi connectivity index (χ1v) is 6.46. The topological polar surface area (TPSA) is 55.1 Å². The number of aryl methyl sites for hydroxylation is 1. The Morgan fingerprint density at radius 3 is 2.33 bits per heavy atom. The van der Waals surface area contributed by atoms with Crippen molar-refractivity contribution in [1.82, 2.24) is 5.32 Å². The molecule has 0 heterocycles. The Bertz CT molecular complexity index is 395. The van der Waals surface area contributed by atoms with Crippen molar-refractivity contribution in [1.29, 1.82) is 0 Å². The molecular weight excluding hydrogens is 224 g/mol. The van der Waals surface area contributed by atoms with E-state index in [2.05, 4.69) is 43.4 Å². The molecule has 0 aliphatic carbocycles. The third kappa shape index (κ3) is 3.84. The number of rotatable bonds is 6. The molecule has 1 unspecified atom stereocenters. The maximum absolute atomic E-state index is 11.3. The minimum atomic E-state index is -0.516. The minimum absolute atomic E-state index is 0.268. The fraction of sp³-hybridized carbons (Fsp3) is 0.533. The fourth-order valence-electron chi connectivity index (χ4n) is 1.76. The predicted octanol–water partition coefficient (Wildman–Crippen LogP) is 2.55. The van der Waals surface area contributed by atoms with Gasteiger partial charge in [0.2, 0.25) is 5.91 Å². The number of hydrogen-bond donors (Lipinski definition) is 2. The Morgan fingerprint density at radius 1 is 1.33 bits per heavy atom. The average Bonchev–Trinajstić information content (AvgIpc) is 2.31. The molecule has 0 radical (unpaired) electrons. The lowest BCUT2D eigenvalue weighted by Crippen LogP contribution is -2.41. The molecule has 3 heteroatoms. The Hall–Kier alpha value is -1.35. The van der Waals surface area contributed by atoms with Crippen LogP contribution in [0.4, 0.5) is 0 Å². The van der Waals surface area contributed by atoms with Crippen LogP contribution in [0.15, 0.2) is 24.3 Å². The summed E-state index contributed by atoms with van der Waals surface area (Å²) < 4.78 is 0. The highest BCUT2D eigenvalue weighted by Crippen LogP contribution is 2.20. The molecule has 0 saturated heterocycles. The molecule has 0 aliphatic rings. The van der Waals surface area contributed by atoms with Crippen LogP contribution < -0.4 is 11.1 Å². The van der Waals surface area contributed by atoms with E-state index in [0.29, 0.717) is 6.54 Å². The van der Waals surface area contributed by atoms with Crippen molar-refractivity contribution in [2.45, 2.75) is 40.2 Å². The number of carbonyl (C=O) groups is 1. The predicted molar refractivity (Wildman–Crippen MR) is 75.2 cm³/mol. The molecule has 1 atom stereocenters. The molecule has 0 bridgehead atoms. The zero-order valence-electron chi connectivity index (χ0n) is 11.8. The number of nitrogens with one attached hydrogen (secondary N) is 1. The van der Waals surface area contributed by atoms with Crippen molar-refractivity contribution >= 4 is 5.91 Å². The van der Waals surface area contributed by atoms with E-state index in [4.69, 9.17) is 5.73 Å². The molecule has 3 nitrogen and oxygen atoms in total. The van der Waals surface area contributed by atoms with Gasteiger partial charge in [0, 0.05) is 12.6 Å². The second kappa shape index (κ2) is 6.01. The van der Waals surface area contributed by atoms with Gasteiger partial charge >= 0.3 is 0 Å². The second-order valence-corrected chi connectivity index (χ2v) is 5.50. The van der Waals surface area contributed by atoms with Crippen molar-refractivity contribution in [3.8, 4) is 0 Å². The Labute approximate surface area is 110 Å². The third-order valence-electron chi connectivity index (χ3n) is 3.35. The van der Waals surface area contributed by atoms with Crippen LogP contribution in [0.25, 0.3) is 0 Å². The van der Waals surface area contributed by atoms with E-state index in [1.807, 2.05) is 13.8 Å². The molecule has 0 aliphatic heterocycles. The Balaban J connectivity index is 2.68. The third-order valence-corrected chi connectivity index (χ3v) is 3.35. The van der Waals surface area contributed by atoms with Crippen molar-refractivity contribution < 1.29 is 4.79 Å². The van der Waals surface area contributed by atoms with Crippen LogP contribution in [-0.2, 0) is 4.79 Å². The van der Waals surface area contributed by atoms with Crippen LogP contribution in [0.1, 0.15) is 44.4 Å². The van der Waals surface area contributed by atoms with Crippen LogP contribution in [0.5, 0.6) is 0 Å². The van der Waals surface area contributed by atoms with Crippen LogP contribution in [0.3, 0.4) is 0 Å². The number of carbonyl (C=O) groups excluding carboxylic acids is 1. The monoisotopic (exact) mass is 248 g/mol. The molecule has 3 N–H and O–H groups in total. The summed E-state index contributed by atoms with van der Waals surface area (Å²) in [7, 11) is 0. The Morgan fingerprint density at radius 2 is 1.89 bits per heavy atom. The quantitative estimate of drug-likeness (QED) is 0.813. The number of benzene rings is 1. The van der Waals surface area contributed by atoms with Crippen LogP contribution in [0, 0.1) is 12.3 Å². The summed E-state index contributed by atoms with van der Waals surface area (Å²) >= 11 is 0. The van der Waals surface area contributed by atoms with E-state index in [1.54, 1.807) is 0 Å². The van der Waals surface area contributed by atoms with Gasteiger partial charge in [-0.15, -0.1) is 0 Å². The van der Waals surface area contributed by atoms with E-state index in [0.717, 1.165) is 6.42 Å². The van der Waals surface area contributed by atoms with Crippen molar-refractivity contribution in [2.75, 3.05) is 6.54 Å². The summed E-state index contributed by atoms with van der Waals surface area (Å²) in [5, 5.41) is 3.43. The van der Waals surface area contributed by atoms with Gasteiger partial charge in [-0.2, -0.15) is 0 Å². The molecule has 1 rings (SSSR count). The summed E-state index contributed by atoms with van der Waals surface area (Å²) in [5.74, 6) is -0.270. The van der Waals surface area contributed by atoms with E-state index in [1.165, 1.54) is 11.1 Å². The summed E-state index contributed by atoms with van der Waals surface area (Å²) in [5.41, 5.74) is 7.37. The van der Waals surface area contributed by atoms with Gasteiger partial charge in [-0.05, 0) is 32.8 Å². The van der Waals surface area contributed by atoms with Gasteiger partial charge in [-0.25, -0.2) is 0 Å². The van der Waals surface area contributed by atoms with Crippen molar-refractivity contribution in [3.63, 3.8) is 0 Å². The first-order valence-electron chi connectivity index (χ1n) is 6.46. The molecule has 1 aromatic carbocycles. The van der Waals surface area contributed by atoms with Gasteiger partial charge in [-0.3, -0.25) is 4.79 Å². The maximum atomic E-state index is 11.3. The normalized spacial score (nSPS) is 13.3. The molecule has 1 amide bonds. The van der Waals surface area contributed by atoms with Crippen molar-refractivity contribution in [3.05, 3.63) is 35.4 Å². The summed E-state index contributed by atoms with van der Waals surface area (Å²) in [6.07, 6.45) is 0.984. The second-order valence-electron chi connectivity index (χ2n) is 5.50. The lowest BCUT2D eigenvalue weighted by molar-refractivity contribution is -0.125. The van der Waals surface area contributed by atoms with Gasteiger partial charge in [0.25, 0.3) is 0 Å². The molecule has 0 aromatic heterocycles. The summed E-state index contributed by atoms with van der Waals surface area (Å²) in [6, 6.07) is 8.75. The molecule has 0 spiro atoms. The van der Waals surface area contributed by atoms with Crippen molar-refractivity contribution in [2.24, 2.45) is 11.1 Å². The zero-order chi connectivity index (χ0) is 13.8. The zero-order valence-corrected chi connectivity index (χ0v) is 11.8. The molecule has 0 saturated carbocycles. The summed E-state index contributed by atoms with van der Waals surface area (Å²) in [4.78, 5) is 11.3. The van der Waals surface area contributed by atoms with E-state index < -0.39 is 5.41 Å².